The van der Waals surface area contributed by atoms with Crippen LogP contribution in [0, 0.1) is 5.92 Å². The van der Waals surface area contributed by atoms with Gasteiger partial charge < -0.3 is 9.72 Å². The largest absolute Gasteiger partial charge is 0.456 e. The van der Waals surface area contributed by atoms with Crippen LogP contribution in [-0.4, -0.2) is 15.9 Å². The summed E-state index contributed by atoms with van der Waals surface area (Å²) in [6.07, 6.45) is 15.0. The summed E-state index contributed by atoms with van der Waals surface area (Å²) in [6.45, 7) is 0.299. The number of aryl methyl sites for hydroxylation is 1. The Hall–Kier alpha value is -2.10. The summed E-state index contributed by atoms with van der Waals surface area (Å²) in [6, 6.07) is 9.87. The van der Waals surface area contributed by atoms with E-state index in [9.17, 15) is 4.79 Å². The van der Waals surface area contributed by atoms with Gasteiger partial charge in [0.05, 0.1) is 0 Å². The highest BCUT2D eigenvalue weighted by Crippen LogP contribution is 2.33. The molecule has 29 heavy (non-hydrogen) atoms. The first-order valence-corrected chi connectivity index (χ1v) is 11.6. The minimum absolute atomic E-state index is 0.286. The minimum atomic E-state index is -0.286. The molecule has 4 heteroatoms. The third kappa shape index (κ3) is 5.49. The number of ether oxygens (including phenoxy) is 1. The fourth-order valence-corrected chi connectivity index (χ4v) is 4.96. The van der Waals surface area contributed by atoms with E-state index in [1.54, 1.807) is 0 Å². The van der Waals surface area contributed by atoms with Crippen LogP contribution in [0.5, 0.6) is 0 Å². The molecule has 4 rings (SSSR count). The van der Waals surface area contributed by atoms with E-state index < -0.39 is 0 Å². The SMILES string of the molecule is O=C(OCc1ccccc1)c1nc(C2CCCCC2)[nH]c1CCC1CCCCC1. The van der Waals surface area contributed by atoms with Gasteiger partial charge in [0.1, 0.15) is 12.4 Å². The molecule has 2 fully saturated rings. The molecule has 4 nitrogen and oxygen atoms in total. The quantitative estimate of drug-likeness (QED) is 0.558. The number of aromatic nitrogens is 2. The molecule has 0 amide bonds. The number of nitrogens with one attached hydrogen (secondary N) is 1. The van der Waals surface area contributed by atoms with Crippen molar-refractivity contribution in [1.82, 2.24) is 9.97 Å². The van der Waals surface area contributed by atoms with E-state index in [4.69, 9.17) is 9.72 Å². The Bertz CT molecular complexity index is 771. The molecule has 2 saturated carbocycles. The summed E-state index contributed by atoms with van der Waals surface area (Å²) in [5, 5.41) is 0. The second-order valence-electron chi connectivity index (χ2n) is 8.89. The van der Waals surface area contributed by atoms with Crippen molar-refractivity contribution < 1.29 is 9.53 Å². The molecule has 2 aromatic rings. The highest BCUT2D eigenvalue weighted by Gasteiger charge is 2.25. The summed E-state index contributed by atoms with van der Waals surface area (Å²) in [5.74, 6) is 1.98. The van der Waals surface area contributed by atoms with Crippen LogP contribution in [0.25, 0.3) is 0 Å². The van der Waals surface area contributed by atoms with Gasteiger partial charge in [0.2, 0.25) is 0 Å². The van der Waals surface area contributed by atoms with Crippen molar-refractivity contribution >= 4 is 5.97 Å². The molecule has 2 aliphatic carbocycles. The van der Waals surface area contributed by atoms with Crippen molar-refractivity contribution in [1.29, 1.82) is 0 Å². The molecule has 0 saturated heterocycles. The van der Waals surface area contributed by atoms with Crippen LogP contribution >= 0.6 is 0 Å². The van der Waals surface area contributed by atoms with Crippen LogP contribution in [-0.2, 0) is 17.8 Å². The maximum Gasteiger partial charge on any atom is 0.359 e. The van der Waals surface area contributed by atoms with Gasteiger partial charge in [0.15, 0.2) is 5.69 Å². The fraction of sp³-hybridized carbons (Fsp3) is 0.600. The van der Waals surface area contributed by atoms with Gasteiger partial charge in [-0.2, -0.15) is 0 Å². The smallest absolute Gasteiger partial charge is 0.359 e. The molecule has 0 spiro atoms. The predicted octanol–water partition coefficient (Wildman–Crippen LogP) is 6.33. The van der Waals surface area contributed by atoms with Crippen molar-refractivity contribution in [3.8, 4) is 0 Å². The Morgan fingerprint density at radius 1 is 0.966 bits per heavy atom. The average Bonchev–Trinajstić information content (AvgIpc) is 3.22. The topological polar surface area (TPSA) is 55.0 Å². The molecule has 0 bridgehead atoms. The number of esters is 1. The molecule has 0 radical (unpaired) electrons. The van der Waals surface area contributed by atoms with E-state index in [0.29, 0.717) is 18.2 Å². The van der Waals surface area contributed by atoms with Gasteiger partial charge >= 0.3 is 5.97 Å². The van der Waals surface area contributed by atoms with E-state index in [1.807, 2.05) is 30.3 Å². The summed E-state index contributed by atoms with van der Waals surface area (Å²) in [7, 11) is 0. The third-order valence-corrected chi connectivity index (χ3v) is 6.72. The van der Waals surface area contributed by atoms with E-state index in [1.165, 1.54) is 64.2 Å². The lowest BCUT2D eigenvalue weighted by Gasteiger charge is -2.21. The first-order chi connectivity index (χ1) is 14.3. The monoisotopic (exact) mass is 394 g/mol. The molecule has 1 N–H and O–H groups in total. The first kappa shape index (κ1) is 20.2. The van der Waals surface area contributed by atoms with Gasteiger partial charge in [-0.25, -0.2) is 9.78 Å². The van der Waals surface area contributed by atoms with Crippen molar-refractivity contribution in [2.24, 2.45) is 5.92 Å². The molecule has 156 valence electrons. The standard InChI is InChI=1S/C25H34N2O2/c28-25(29-18-20-12-6-2-7-13-20)23-22(17-16-19-10-4-1-5-11-19)26-24(27-23)21-14-8-3-9-15-21/h2,6-7,12-13,19,21H,1,3-5,8-11,14-18H2,(H,26,27). The van der Waals surface area contributed by atoms with Crippen molar-refractivity contribution in [3.63, 3.8) is 0 Å². The zero-order chi connectivity index (χ0) is 19.9. The Morgan fingerprint density at radius 3 is 2.38 bits per heavy atom. The first-order valence-electron chi connectivity index (χ1n) is 11.6. The summed E-state index contributed by atoms with van der Waals surface area (Å²) >= 11 is 0. The lowest BCUT2D eigenvalue weighted by molar-refractivity contribution is 0.0464. The summed E-state index contributed by atoms with van der Waals surface area (Å²) in [4.78, 5) is 21.2. The van der Waals surface area contributed by atoms with Gasteiger partial charge in [-0.15, -0.1) is 0 Å². The van der Waals surface area contributed by atoms with Crippen molar-refractivity contribution in [3.05, 3.63) is 53.1 Å². The van der Waals surface area contributed by atoms with E-state index in [0.717, 1.165) is 35.8 Å². The highest BCUT2D eigenvalue weighted by atomic mass is 16.5. The number of rotatable bonds is 7. The lowest BCUT2D eigenvalue weighted by atomic mass is 9.85. The van der Waals surface area contributed by atoms with E-state index in [-0.39, 0.29) is 5.97 Å². The highest BCUT2D eigenvalue weighted by molar-refractivity contribution is 5.88. The normalized spacial score (nSPS) is 18.6. The Labute approximate surface area is 174 Å². The molecule has 0 unspecified atom stereocenters. The van der Waals surface area contributed by atoms with Gasteiger partial charge in [0, 0.05) is 11.6 Å². The molecule has 0 aliphatic heterocycles. The van der Waals surface area contributed by atoms with E-state index >= 15 is 0 Å². The molecular weight excluding hydrogens is 360 g/mol. The maximum absolute atomic E-state index is 12.9. The second-order valence-corrected chi connectivity index (χ2v) is 8.89. The molecule has 1 aromatic heterocycles. The number of aromatic amines is 1. The van der Waals surface area contributed by atoms with Gasteiger partial charge in [-0.05, 0) is 37.2 Å². The van der Waals surface area contributed by atoms with E-state index in [2.05, 4.69) is 4.98 Å². The number of H-pyrrole nitrogens is 1. The molecular formula is C25H34N2O2. The number of carbonyl (C=O) groups excluding carboxylic acids is 1. The number of carbonyl (C=O) groups is 1. The summed E-state index contributed by atoms with van der Waals surface area (Å²) in [5.41, 5.74) is 2.53. The van der Waals surface area contributed by atoms with Crippen LogP contribution in [0.2, 0.25) is 0 Å². The number of nitrogens with zero attached hydrogens (tertiary/aromatic N) is 1. The number of benzene rings is 1. The average molecular weight is 395 g/mol. The summed E-state index contributed by atoms with van der Waals surface area (Å²) < 4.78 is 5.63. The van der Waals surface area contributed by atoms with Crippen LogP contribution < -0.4 is 0 Å². The number of imidazole rings is 1. The van der Waals surface area contributed by atoms with Crippen LogP contribution in [0.4, 0.5) is 0 Å². The Morgan fingerprint density at radius 2 is 1.66 bits per heavy atom. The van der Waals surface area contributed by atoms with Gasteiger partial charge in [-0.1, -0.05) is 81.7 Å². The molecule has 1 heterocycles. The predicted molar refractivity (Wildman–Crippen MR) is 115 cm³/mol. The second kappa shape index (κ2) is 10.1. The van der Waals surface area contributed by atoms with Gasteiger partial charge in [-0.3, -0.25) is 0 Å². The third-order valence-electron chi connectivity index (χ3n) is 6.72. The Kier molecular flexibility index (Phi) is 7.02. The van der Waals surface area contributed by atoms with Crippen LogP contribution in [0.15, 0.2) is 30.3 Å². The lowest BCUT2D eigenvalue weighted by Crippen LogP contribution is -2.11. The fourth-order valence-electron chi connectivity index (χ4n) is 4.96. The minimum Gasteiger partial charge on any atom is -0.456 e. The molecule has 2 aliphatic rings. The number of hydrogen-bond acceptors (Lipinski definition) is 3. The van der Waals surface area contributed by atoms with Crippen molar-refractivity contribution in [2.75, 3.05) is 0 Å². The zero-order valence-electron chi connectivity index (χ0n) is 17.5. The number of hydrogen-bond donors (Lipinski definition) is 1. The van der Waals surface area contributed by atoms with Crippen molar-refractivity contribution in [2.45, 2.75) is 89.6 Å². The Balaban J connectivity index is 1.46. The van der Waals surface area contributed by atoms with Gasteiger partial charge in [0.25, 0.3) is 0 Å². The molecule has 1 aromatic carbocycles. The zero-order valence-corrected chi connectivity index (χ0v) is 17.5. The molecule has 0 atom stereocenters. The van der Waals surface area contributed by atoms with Crippen LogP contribution in [0.1, 0.15) is 104 Å². The van der Waals surface area contributed by atoms with Crippen LogP contribution in [0.3, 0.4) is 0 Å². The maximum atomic E-state index is 12.9.